The number of ether oxygens (including phenoxy) is 1. The zero-order valence-electron chi connectivity index (χ0n) is 12.0. The molecule has 0 spiro atoms. The average molecular weight is 299 g/mol. The Morgan fingerprint density at radius 1 is 1.50 bits per heavy atom. The molecule has 5 heteroatoms. The summed E-state index contributed by atoms with van der Waals surface area (Å²) in [6, 6.07) is 5.56. The van der Waals surface area contributed by atoms with Crippen LogP contribution >= 0.6 is 12.4 Å². The third kappa shape index (κ3) is 5.02. The molecule has 1 fully saturated rings. The molecule has 1 aliphatic carbocycles. The predicted octanol–water partition coefficient (Wildman–Crippen LogP) is 2.17. The molecule has 0 aromatic heterocycles. The lowest BCUT2D eigenvalue weighted by Crippen LogP contribution is -2.37. The minimum atomic E-state index is -0.485. The number of hydrogen-bond acceptors (Lipinski definition) is 3. The lowest BCUT2D eigenvalue weighted by atomic mass is 10.1. The molecule has 0 radical (unpaired) electrons. The summed E-state index contributed by atoms with van der Waals surface area (Å²) in [7, 11) is 0. The van der Waals surface area contributed by atoms with Gasteiger partial charge in [-0.05, 0) is 44.2 Å². The summed E-state index contributed by atoms with van der Waals surface area (Å²) < 4.78 is 5.85. The SMILES string of the molecule is Cc1ccc(CNC(=O)[C@@H](C)N)c(OCC2CC2)c1.Cl. The van der Waals surface area contributed by atoms with Crippen molar-refractivity contribution in [2.75, 3.05) is 6.61 Å². The first-order chi connectivity index (χ1) is 9.06. The lowest BCUT2D eigenvalue weighted by molar-refractivity contribution is -0.122. The maximum atomic E-state index is 11.5. The van der Waals surface area contributed by atoms with Gasteiger partial charge >= 0.3 is 0 Å². The Bertz CT molecular complexity index is 459. The van der Waals surface area contributed by atoms with E-state index in [4.69, 9.17) is 10.5 Å². The van der Waals surface area contributed by atoms with Gasteiger partial charge < -0.3 is 15.8 Å². The summed E-state index contributed by atoms with van der Waals surface area (Å²) in [5.41, 5.74) is 7.69. The Morgan fingerprint density at radius 2 is 2.20 bits per heavy atom. The third-order valence-corrected chi connectivity index (χ3v) is 3.26. The van der Waals surface area contributed by atoms with E-state index in [1.54, 1.807) is 6.92 Å². The maximum absolute atomic E-state index is 11.5. The average Bonchev–Trinajstić information content (AvgIpc) is 3.18. The van der Waals surface area contributed by atoms with E-state index >= 15 is 0 Å². The van der Waals surface area contributed by atoms with Crippen molar-refractivity contribution in [3.8, 4) is 5.75 Å². The van der Waals surface area contributed by atoms with E-state index in [-0.39, 0.29) is 18.3 Å². The molecule has 0 aliphatic heterocycles. The molecular formula is C15H23ClN2O2. The van der Waals surface area contributed by atoms with E-state index in [0.29, 0.717) is 12.5 Å². The Kier molecular flexibility index (Phi) is 6.30. The van der Waals surface area contributed by atoms with Gasteiger partial charge in [0.1, 0.15) is 5.75 Å². The van der Waals surface area contributed by atoms with Crippen LogP contribution in [-0.4, -0.2) is 18.6 Å². The van der Waals surface area contributed by atoms with Gasteiger partial charge in [-0.2, -0.15) is 0 Å². The summed E-state index contributed by atoms with van der Waals surface area (Å²) in [4.78, 5) is 11.5. The number of benzene rings is 1. The molecular weight excluding hydrogens is 276 g/mol. The predicted molar refractivity (Wildman–Crippen MR) is 82.1 cm³/mol. The molecule has 4 nitrogen and oxygen atoms in total. The van der Waals surface area contributed by atoms with Crippen molar-refractivity contribution in [1.82, 2.24) is 5.32 Å². The number of rotatable bonds is 6. The van der Waals surface area contributed by atoms with Crippen LogP contribution in [0.4, 0.5) is 0 Å². The van der Waals surface area contributed by atoms with Crippen LogP contribution in [0.5, 0.6) is 5.75 Å². The fourth-order valence-electron chi connectivity index (χ4n) is 1.78. The molecule has 1 saturated carbocycles. The fraction of sp³-hybridized carbons (Fsp3) is 0.533. The van der Waals surface area contributed by atoms with Gasteiger partial charge in [0.15, 0.2) is 0 Å². The summed E-state index contributed by atoms with van der Waals surface area (Å²) in [5, 5.41) is 2.82. The molecule has 0 heterocycles. The fourth-order valence-corrected chi connectivity index (χ4v) is 1.78. The maximum Gasteiger partial charge on any atom is 0.236 e. The molecule has 112 valence electrons. The van der Waals surface area contributed by atoms with Crippen molar-refractivity contribution >= 4 is 18.3 Å². The van der Waals surface area contributed by atoms with E-state index in [9.17, 15) is 4.79 Å². The Labute approximate surface area is 126 Å². The highest BCUT2D eigenvalue weighted by atomic mass is 35.5. The van der Waals surface area contributed by atoms with Gasteiger partial charge in [0.05, 0.1) is 12.6 Å². The van der Waals surface area contributed by atoms with Gasteiger partial charge in [0.2, 0.25) is 5.91 Å². The van der Waals surface area contributed by atoms with Crippen molar-refractivity contribution in [1.29, 1.82) is 0 Å². The number of nitrogens with one attached hydrogen (secondary N) is 1. The Balaban J connectivity index is 0.00000200. The highest BCUT2D eigenvalue weighted by Gasteiger charge is 2.22. The van der Waals surface area contributed by atoms with Crippen LogP contribution in [0.15, 0.2) is 18.2 Å². The van der Waals surface area contributed by atoms with Crippen LogP contribution in [0.3, 0.4) is 0 Å². The topological polar surface area (TPSA) is 64.4 Å². The van der Waals surface area contributed by atoms with Crippen molar-refractivity contribution in [2.45, 2.75) is 39.3 Å². The molecule has 0 bridgehead atoms. The first kappa shape index (κ1) is 16.8. The number of amides is 1. The summed E-state index contributed by atoms with van der Waals surface area (Å²) >= 11 is 0. The zero-order valence-corrected chi connectivity index (χ0v) is 12.8. The molecule has 1 amide bonds. The molecule has 20 heavy (non-hydrogen) atoms. The standard InChI is InChI=1S/C15H22N2O2.ClH/c1-10-3-6-13(8-17-15(18)11(2)16)14(7-10)19-9-12-4-5-12;/h3,6-7,11-12H,4-5,8-9,16H2,1-2H3,(H,17,18);1H/t11-;/m1./s1. The first-order valence-corrected chi connectivity index (χ1v) is 6.82. The Hall–Kier alpha value is -1.26. The molecule has 1 aromatic rings. The van der Waals surface area contributed by atoms with Gasteiger partial charge in [-0.3, -0.25) is 4.79 Å². The van der Waals surface area contributed by atoms with Crippen LogP contribution in [0.25, 0.3) is 0 Å². The van der Waals surface area contributed by atoms with Gasteiger partial charge in [-0.15, -0.1) is 12.4 Å². The smallest absolute Gasteiger partial charge is 0.236 e. The van der Waals surface area contributed by atoms with E-state index in [1.807, 2.05) is 25.1 Å². The molecule has 1 aromatic carbocycles. The second kappa shape index (κ2) is 7.50. The molecule has 0 saturated heterocycles. The number of aryl methyl sites for hydroxylation is 1. The number of halogens is 1. The van der Waals surface area contributed by atoms with Gasteiger partial charge in [0, 0.05) is 12.1 Å². The summed E-state index contributed by atoms with van der Waals surface area (Å²) in [6.07, 6.45) is 2.53. The largest absolute Gasteiger partial charge is 0.493 e. The van der Waals surface area contributed by atoms with Crippen LogP contribution in [0, 0.1) is 12.8 Å². The van der Waals surface area contributed by atoms with E-state index in [2.05, 4.69) is 5.32 Å². The van der Waals surface area contributed by atoms with E-state index < -0.39 is 6.04 Å². The normalized spacial score (nSPS) is 15.2. The van der Waals surface area contributed by atoms with Crippen molar-refractivity contribution in [2.24, 2.45) is 11.7 Å². The number of nitrogens with two attached hydrogens (primary N) is 1. The van der Waals surface area contributed by atoms with Crippen molar-refractivity contribution in [3.05, 3.63) is 29.3 Å². The number of carbonyl (C=O) groups excluding carboxylic acids is 1. The minimum Gasteiger partial charge on any atom is -0.493 e. The number of hydrogen-bond donors (Lipinski definition) is 2. The first-order valence-electron chi connectivity index (χ1n) is 6.82. The van der Waals surface area contributed by atoms with Crippen LogP contribution in [0.2, 0.25) is 0 Å². The summed E-state index contributed by atoms with van der Waals surface area (Å²) in [6.45, 7) is 4.95. The van der Waals surface area contributed by atoms with Gasteiger partial charge in [-0.1, -0.05) is 12.1 Å². The minimum absolute atomic E-state index is 0. The Morgan fingerprint density at radius 3 is 2.80 bits per heavy atom. The molecule has 2 rings (SSSR count). The van der Waals surface area contributed by atoms with Crippen molar-refractivity contribution in [3.63, 3.8) is 0 Å². The third-order valence-electron chi connectivity index (χ3n) is 3.26. The monoisotopic (exact) mass is 298 g/mol. The van der Waals surface area contributed by atoms with Crippen molar-refractivity contribution < 1.29 is 9.53 Å². The molecule has 3 N–H and O–H groups in total. The zero-order chi connectivity index (χ0) is 13.8. The van der Waals surface area contributed by atoms with Crippen LogP contribution in [0.1, 0.15) is 30.9 Å². The molecule has 1 aliphatic rings. The van der Waals surface area contributed by atoms with E-state index in [0.717, 1.165) is 23.5 Å². The lowest BCUT2D eigenvalue weighted by Gasteiger charge is -2.14. The second-order valence-electron chi connectivity index (χ2n) is 5.37. The molecule has 0 unspecified atom stereocenters. The number of carbonyl (C=O) groups is 1. The summed E-state index contributed by atoms with van der Waals surface area (Å²) in [5.74, 6) is 1.44. The molecule has 1 atom stereocenters. The highest BCUT2D eigenvalue weighted by molar-refractivity contribution is 5.85. The van der Waals surface area contributed by atoms with Gasteiger partial charge in [-0.25, -0.2) is 0 Å². The highest BCUT2D eigenvalue weighted by Crippen LogP contribution is 2.30. The van der Waals surface area contributed by atoms with E-state index in [1.165, 1.54) is 12.8 Å². The van der Waals surface area contributed by atoms with Crippen LogP contribution in [-0.2, 0) is 11.3 Å². The second-order valence-corrected chi connectivity index (χ2v) is 5.37. The van der Waals surface area contributed by atoms with Gasteiger partial charge in [0.25, 0.3) is 0 Å². The quantitative estimate of drug-likeness (QED) is 0.846. The van der Waals surface area contributed by atoms with Crippen LogP contribution < -0.4 is 15.8 Å².